The Bertz CT molecular complexity index is 191. The highest BCUT2D eigenvalue weighted by molar-refractivity contribution is 5.86. The highest BCUT2D eigenvalue weighted by Crippen LogP contribution is 2.11. The highest BCUT2D eigenvalue weighted by Gasteiger charge is 2.30. The molecule has 1 atom stereocenters. The molecule has 0 fully saturated rings. The summed E-state index contributed by atoms with van der Waals surface area (Å²) >= 11 is 0. The van der Waals surface area contributed by atoms with Crippen LogP contribution < -0.4 is 11.1 Å². The Morgan fingerprint density at radius 3 is 2.40 bits per heavy atom. The molecule has 0 spiro atoms. The Morgan fingerprint density at radius 2 is 2.00 bits per heavy atom. The molecule has 1 unspecified atom stereocenters. The van der Waals surface area contributed by atoms with Crippen LogP contribution in [0.25, 0.3) is 0 Å². The van der Waals surface area contributed by atoms with E-state index in [2.05, 4.69) is 5.32 Å². The molecule has 90 valence electrons. The van der Waals surface area contributed by atoms with Crippen molar-refractivity contribution < 1.29 is 9.90 Å². The fourth-order valence-electron chi connectivity index (χ4n) is 1.41. The molecule has 0 radical (unpaired) electrons. The predicted molar refractivity (Wildman–Crippen MR) is 61.4 cm³/mol. The van der Waals surface area contributed by atoms with Gasteiger partial charge < -0.3 is 16.2 Å². The van der Waals surface area contributed by atoms with Crippen molar-refractivity contribution in [2.75, 3.05) is 6.61 Å². The molecule has 0 aliphatic heterocycles. The van der Waals surface area contributed by atoms with E-state index in [1.54, 1.807) is 0 Å². The van der Waals surface area contributed by atoms with Crippen LogP contribution in [0.5, 0.6) is 0 Å². The number of rotatable bonds is 7. The van der Waals surface area contributed by atoms with Crippen LogP contribution >= 0.6 is 0 Å². The first kappa shape index (κ1) is 14.4. The van der Waals surface area contributed by atoms with Crippen molar-refractivity contribution in [2.24, 2.45) is 5.73 Å². The lowest BCUT2D eigenvalue weighted by molar-refractivity contribution is -0.127. The van der Waals surface area contributed by atoms with Crippen molar-refractivity contribution in [1.82, 2.24) is 5.32 Å². The van der Waals surface area contributed by atoms with Crippen molar-refractivity contribution in [3.8, 4) is 0 Å². The molecule has 4 nitrogen and oxygen atoms in total. The molecule has 15 heavy (non-hydrogen) atoms. The van der Waals surface area contributed by atoms with E-state index in [-0.39, 0.29) is 18.6 Å². The molecule has 0 aliphatic carbocycles. The van der Waals surface area contributed by atoms with Crippen molar-refractivity contribution in [2.45, 2.75) is 58.0 Å². The maximum atomic E-state index is 11.8. The molecule has 0 aromatic rings. The summed E-state index contributed by atoms with van der Waals surface area (Å²) in [5.74, 6) is -0.0852. The second-order valence-electron chi connectivity index (χ2n) is 4.10. The molecule has 1 amide bonds. The SMILES string of the molecule is CCC(N)(CC)C(=O)NC(C)CCCO. The van der Waals surface area contributed by atoms with Gasteiger partial charge in [0.1, 0.15) is 0 Å². The third-order valence-electron chi connectivity index (χ3n) is 2.89. The Kier molecular flexibility index (Phi) is 6.52. The summed E-state index contributed by atoms with van der Waals surface area (Å²) < 4.78 is 0. The molecule has 0 bridgehead atoms. The Morgan fingerprint density at radius 1 is 1.47 bits per heavy atom. The van der Waals surface area contributed by atoms with E-state index in [1.807, 2.05) is 20.8 Å². The van der Waals surface area contributed by atoms with Gasteiger partial charge in [0.05, 0.1) is 5.54 Å². The molecule has 0 saturated carbocycles. The number of aliphatic hydroxyl groups is 1. The van der Waals surface area contributed by atoms with Gasteiger partial charge in [-0.05, 0) is 32.6 Å². The van der Waals surface area contributed by atoms with E-state index in [1.165, 1.54) is 0 Å². The van der Waals surface area contributed by atoms with Gasteiger partial charge in [0, 0.05) is 12.6 Å². The number of carbonyl (C=O) groups excluding carboxylic acids is 1. The molecule has 0 saturated heterocycles. The third-order valence-corrected chi connectivity index (χ3v) is 2.89. The zero-order valence-corrected chi connectivity index (χ0v) is 10.0. The molecule has 4 heteroatoms. The van der Waals surface area contributed by atoms with Crippen molar-refractivity contribution in [3.63, 3.8) is 0 Å². The van der Waals surface area contributed by atoms with E-state index in [9.17, 15) is 4.79 Å². The number of nitrogens with one attached hydrogen (secondary N) is 1. The monoisotopic (exact) mass is 216 g/mol. The molecule has 0 rings (SSSR count). The molecule has 0 aliphatic rings. The summed E-state index contributed by atoms with van der Waals surface area (Å²) in [6.45, 7) is 5.93. The highest BCUT2D eigenvalue weighted by atomic mass is 16.3. The number of hydrogen-bond donors (Lipinski definition) is 3. The van der Waals surface area contributed by atoms with Gasteiger partial charge in [0.25, 0.3) is 0 Å². The van der Waals surface area contributed by atoms with Crippen molar-refractivity contribution in [1.29, 1.82) is 0 Å². The lowest BCUT2D eigenvalue weighted by Gasteiger charge is -2.27. The first-order chi connectivity index (χ1) is 7.00. The lowest BCUT2D eigenvalue weighted by Crippen LogP contribution is -2.55. The third kappa shape index (κ3) is 4.62. The minimum atomic E-state index is -0.743. The minimum Gasteiger partial charge on any atom is -0.396 e. The number of carbonyl (C=O) groups is 1. The molecule has 0 aromatic heterocycles. The molecule has 4 N–H and O–H groups in total. The van der Waals surface area contributed by atoms with Crippen LogP contribution in [-0.2, 0) is 4.79 Å². The summed E-state index contributed by atoms with van der Waals surface area (Å²) in [7, 11) is 0. The summed E-state index contributed by atoms with van der Waals surface area (Å²) in [5.41, 5.74) is 5.21. The van der Waals surface area contributed by atoms with Gasteiger partial charge >= 0.3 is 0 Å². The summed E-state index contributed by atoms with van der Waals surface area (Å²) in [4.78, 5) is 11.8. The van der Waals surface area contributed by atoms with Crippen LogP contribution in [0.1, 0.15) is 46.5 Å². The normalized spacial score (nSPS) is 13.7. The summed E-state index contributed by atoms with van der Waals surface area (Å²) in [5, 5.41) is 11.5. The van der Waals surface area contributed by atoms with E-state index in [4.69, 9.17) is 10.8 Å². The van der Waals surface area contributed by atoms with E-state index < -0.39 is 5.54 Å². The second-order valence-corrected chi connectivity index (χ2v) is 4.10. The first-order valence-corrected chi connectivity index (χ1v) is 5.70. The Balaban J connectivity index is 4.10. The summed E-state index contributed by atoms with van der Waals surface area (Å²) in [6, 6.07) is 0.0747. The zero-order chi connectivity index (χ0) is 11.9. The number of amides is 1. The topological polar surface area (TPSA) is 75.4 Å². The van der Waals surface area contributed by atoms with Gasteiger partial charge in [-0.1, -0.05) is 13.8 Å². The number of nitrogens with two attached hydrogens (primary N) is 1. The van der Waals surface area contributed by atoms with Crippen molar-refractivity contribution in [3.05, 3.63) is 0 Å². The average Bonchev–Trinajstić information content (AvgIpc) is 2.24. The van der Waals surface area contributed by atoms with E-state index >= 15 is 0 Å². The Hall–Kier alpha value is -0.610. The van der Waals surface area contributed by atoms with Gasteiger partial charge in [0.2, 0.25) is 5.91 Å². The van der Waals surface area contributed by atoms with E-state index in [0.717, 1.165) is 6.42 Å². The maximum Gasteiger partial charge on any atom is 0.240 e. The van der Waals surface area contributed by atoms with Crippen LogP contribution in [-0.4, -0.2) is 29.2 Å². The fraction of sp³-hybridized carbons (Fsp3) is 0.909. The molecule has 0 heterocycles. The van der Waals surface area contributed by atoms with Gasteiger partial charge in [0.15, 0.2) is 0 Å². The van der Waals surface area contributed by atoms with Crippen LogP contribution in [0.15, 0.2) is 0 Å². The van der Waals surface area contributed by atoms with E-state index in [0.29, 0.717) is 19.3 Å². The van der Waals surface area contributed by atoms with Gasteiger partial charge in [-0.25, -0.2) is 0 Å². The molecular formula is C11H24N2O2. The summed E-state index contributed by atoms with van der Waals surface area (Å²) in [6.07, 6.45) is 2.77. The van der Waals surface area contributed by atoms with Crippen LogP contribution in [0, 0.1) is 0 Å². The predicted octanol–water partition coefficient (Wildman–Crippen LogP) is 0.781. The van der Waals surface area contributed by atoms with Crippen LogP contribution in [0.4, 0.5) is 0 Å². The standard InChI is InChI=1S/C11H24N2O2/c1-4-11(12,5-2)10(15)13-9(3)7-6-8-14/h9,14H,4-8,12H2,1-3H3,(H,13,15). The fourth-order valence-corrected chi connectivity index (χ4v) is 1.41. The average molecular weight is 216 g/mol. The van der Waals surface area contributed by atoms with Crippen molar-refractivity contribution >= 4 is 5.91 Å². The van der Waals surface area contributed by atoms with Gasteiger partial charge in [-0.15, -0.1) is 0 Å². The van der Waals surface area contributed by atoms with Gasteiger partial charge in [-0.2, -0.15) is 0 Å². The number of hydrogen-bond acceptors (Lipinski definition) is 3. The minimum absolute atomic E-state index is 0.0747. The Labute approximate surface area is 92.2 Å². The van der Waals surface area contributed by atoms with Crippen LogP contribution in [0.3, 0.4) is 0 Å². The molecule has 0 aromatic carbocycles. The quantitative estimate of drug-likeness (QED) is 0.588. The largest absolute Gasteiger partial charge is 0.396 e. The lowest BCUT2D eigenvalue weighted by atomic mass is 9.93. The second kappa shape index (κ2) is 6.80. The number of aliphatic hydroxyl groups excluding tert-OH is 1. The van der Waals surface area contributed by atoms with Gasteiger partial charge in [-0.3, -0.25) is 4.79 Å². The van der Waals surface area contributed by atoms with Crippen LogP contribution in [0.2, 0.25) is 0 Å². The maximum absolute atomic E-state index is 11.8. The molecular weight excluding hydrogens is 192 g/mol. The smallest absolute Gasteiger partial charge is 0.240 e. The first-order valence-electron chi connectivity index (χ1n) is 5.70. The zero-order valence-electron chi connectivity index (χ0n) is 10.0.